The molecule has 0 saturated carbocycles. The molecular weight excluding hydrogens is 575 g/mol. The van der Waals surface area contributed by atoms with Crippen LogP contribution in [0.2, 0.25) is 0 Å². The second-order valence-corrected chi connectivity index (χ2v) is 10.2. The van der Waals surface area contributed by atoms with Crippen LogP contribution in [0.1, 0.15) is 23.6 Å². The molecule has 1 N–H and O–H groups in total. The number of carbonyl (C=O) groups excluding carboxylic acids is 3. The Morgan fingerprint density at radius 1 is 1.11 bits per heavy atom. The zero-order chi connectivity index (χ0) is 27.2. The number of thioether (sulfide) groups is 1. The van der Waals surface area contributed by atoms with Gasteiger partial charge in [0.05, 0.1) is 16.0 Å². The van der Waals surface area contributed by atoms with Crippen molar-refractivity contribution in [3.63, 3.8) is 0 Å². The lowest BCUT2D eigenvalue weighted by Crippen LogP contribution is -2.36. The molecule has 0 atom stereocenters. The minimum Gasteiger partial charge on any atom is -0.490 e. The van der Waals surface area contributed by atoms with Gasteiger partial charge in [-0.1, -0.05) is 30.3 Å². The van der Waals surface area contributed by atoms with Gasteiger partial charge < -0.3 is 14.8 Å². The SMILES string of the molecule is CCOc1cc(/C=C2\SC(=O)N(CC(=O)Nc3cccc(C)c3)C2=O)cc(Br)c1OCc1ccccc1F. The Labute approximate surface area is 232 Å². The largest absolute Gasteiger partial charge is 0.490 e. The van der Waals surface area contributed by atoms with Crippen LogP contribution in [0.3, 0.4) is 0 Å². The van der Waals surface area contributed by atoms with E-state index in [2.05, 4.69) is 21.2 Å². The molecule has 7 nitrogen and oxygen atoms in total. The molecule has 3 amide bonds. The number of benzene rings is 3. The van der Waals surface area contributed by atoms with Crippen molar-refractivity contribution in [1.82, 2.24) is 4.90 Å². The standard InChI is InChI=1S/C28H24BrFN2O5S/c1-3-36-23-13-18(12-21(29)26(23)37-16-19-8-4-5-10-22(19)30)14-24-27(34)32(28(35)38-24)15-25(33)31-20-9-6-7-17(2)11-20/h4-14H,3,15-16H2,1-2H3,(H,31,33)/b24-14-. The fraction of sp³-hybridized carbons (Fsp3) is 0.179. The van der Waals surface area contributed by atoms with Gasteiger partial charge in [-0.2, -0.15) is 0 Å². The summed E-state index contributed by atoms with van der Waals surface area (Å²) in [6, 6.07) is 16.9. The summed E-state index contributed by atoms with van der Waals surface area (Å²) >= 11 is 4.22. The highest BCUT2D eigenvalue weighted by Gasteiger charge is 2.36. The van der Waals surface area contributed by atoms with Gasteiger partial charge in [-0.15, -0.1) is 0 Å². The van der Waals surface area contributed by atoms with Crippen molar-refractivity contribution in [1.29, 1.82) is 0 Å². The Bertz CT molecular complexity index is 1430. The zero-order valence-electron chi connectivity index (χ0n) is 20.6. The van der Waals surface area contributed by atoms with Gasteiger partial charge in [0.15, 0.2) is 11.5 Å². The third-order valence-electron chi connectivity index (χ3n) is 5.44. The Morgan fingerprint density at radius 2 is 1.89 bits per heavy atom. The van der Waals surface area contributed by atoms with Gasteiger partial charge in [-0.3, -0.25) is 19.3 Å². The van der Waals surface area contributed by atoms with Crippen LogP contribution in [0.15, 0.2) is 70.0 Å². The normalized spacial score (nSPS) is 14.2. The molecule has 4 rings (SSSR count). The highest BCUT2D eigenvalue weighted by molar-refractivity contribution is 9.10. The lowest BCUT2D eigenvalue weighted by molar-refractivity contribution is -0.127. The maximum atomic E-state index is 14.0. The van der Waals surface area contributed by atoms with E-state index in [1.807, 2.05) is 19.9 Å². The highest BCUT2D eigenvalue weighted by atomic mass is 79.9. The highest BCUT2D eigenvalue weighted by Crippen LogP contribution is 2.39. The van der Waals surface area contributed by atoms with E-state index in [0.717, 1.165) is 22.2 Å². The summed E-state index contributed by atoms with van der Waals surface area (Å²) in [6.45, 7) is 3.65. The van der Waals surface area contributed by atoms with Crippen molar-refractivity contribution in [3.05, 3.63) is 92.5 Å². The Morgan fingerprint density at radius 3 is 2.63 bits per heavy atom. The van der Waals surface area contributed by atoms with Crippen LogP contribution in [-0.4, -0.2) is 35.1 Å². The third kappa shape index (κ3) is 6.62. The summed E-state index contributed by atoms with van der Waals surface area (Å²) in [5.74, 6) is -0.638. The topological polar surface area (TPSA) is 84.9 Å². The number of anilines is 1. The number of amides is 3. The van der Waals surface area contributed by atoms with Crippen molar-refractivity contribution in [3.8, 4) is 11.5 Å². The molecular formula is C28H24BrFN2O5S. The van der Waals surface area contributed by atoms with Crippen LogP contribution in [0.25, 0.3) is 6.08 Å². The average molecular weight is 599 g/mol. The third-order valence-corrected chi connectivity index (χ3v) is 6.93. The summed E-state index contributed by atoms with van der Waals surface area (Å²) in [7, 11) is 0. The van der Waals surface area contributed by atoms with E-state index in [-0.39, 0.29) is 17.3 Å². The summed E-state index contributed by atoms with van der Waals surface area (Å²) < 4.78 is 26.1. The molecule has 1 aliphatic rings. The molecule has 0 bridgehead atoms. The summed E-state index contributed by atoms with van der Waals surface area (Å²) in [6.07, 6.45) is 1.55. The predicted octanol–water partition coefficient (Wildman–Crippen LogP) is 6.55. The molecule has 0 aromatic heterocycles. The Kier molecular flexibility index (Phi) is 8.85. The maximum absolute atomic E-state index is 14.0. The smallest absolute Gasteiger partial charge is 0.294 e. The van der Waals surface area contributed by atoms with Crippen LogP contribution in [0, 0.1) is 12.7 Å². The lowest BCUT2D eigenvalue weighted by atomic mass is 10.1. The molecule has 1 fully saturated rings. The van der Waals surface area contributed by atoms with Crippen LogP contribution < -0.4 is 14.8 Å². The van der Waals surface area contributed by atoms with Crippen LogP contribution >= 0.6 is 27.7 Å². The first-order valence-electron chi connectivity index (χ1n) is 11.7. The summed E-state index contributed by atoms with van der Waals surface area (Å²) in [5.41, 5.74) is 2.53. The van der Waals surface area contributed by atoms with E-state index in [0.29, 0.717) is 39.4 Å². The van der Waals surface area contributed by atoms with E-state index in [1.54, 1.807) is 54.6 Å². The van der Waals surface area contributed by atoms with E-state index in [9.17, 15) is 18.8 Å². The van der Waals surface area contributed by atoms with Gasteiger partial charge in [0.2, 0.25) is 5.91 Å². The fourth-order valence-corrected chi connectivity index (χ4v) is 5.11. The van der Waals surface area contributed by atoms with Crippen molar-refractivity contribution in [2.24, 2.45) is 0 Å². The van der Waals surface area contributed by atoms with Crippen LogP contribution in [0.5, 0.6) is 11.5 Å². The number of imide groups is 1. The van der Waals surface area contributed by atoms with E-state index in [4.69, 9.17) is 9.47 Å². The molecule has 10 heteroatoms. The number of carbonyl (C=O) groups is 3. The average Bonchev–Trinajstić information content (AvgIpc) is 3.12. The quantitative estimate of drug-likeness (QED) is 0.281. The summed E-state index contributed by atoms with van der Waals surface area (Å²) in [5, 5.41) is 2.17. The number of nitrogens with zero attached hydrogens (tertiary/aromatic N) is 1. The molecule has 0 spiro atoms. The number of rotatable bonds is 9. The van der Waals surface area contributed by atoms with Gasteiger partial charge in [-0.25, -0.2) is 4.39 Å². The van der Waals surface area contributed by atoms with Gasteiger partial charge >= 0.3 is 0 Å². The van der Waals surface area contributed by atoms with Crippen LogP contribution in [-0.2, 0) is 16.2 Å². The van der Waals surface area contributed by atoms with E-state index < -0.39 is 23.6 Å². The van der Waals surface area contributed by atoms with Crippen molar-refractivity contribution < 1.29 is 28.2 Å². The number of ether oxygens (including phenoxy) is 2. The van der Waals surface area contributed by atoms with Gasteiger partial charge in [-0.05, 0) is 89.1 Å². The predicted molar refractivity (Wildman–Crippen MR) is 149 cm³/mol. The molecule has 1 saturated heterocycles. The Balaban J connectivity index is 1.50. The number of aryl methyl sites for hydroxylation is 1. The number of halogens is 2. The molecule has 38 heavy (non-hydrogen) atoms. The van der Waals surface area contributed by atoms with Crippen LogP contribution in [0.4, 0.5) is 14.9 Å². The van der Waals surface area contributed by atoms with Gasteiger partial charge in [0.25, 0.3) is 11.1 Å². The maximum Gasteiger partial charge on any atom is 0.294 e. The fourth-order valence-electron chi connectivity index (χ4n) is 3.69. The zero-order valence-corrected chi connectivity index (χ0v) is 23.0. The second kappa shape index (κ2) is 12.3. The van der Waals surface area contributed by atoms with Gasteiger partial charge in [0.1, 0.15) is 19.0 Å². The first-order chi connectivity index (χ1) is 18.2. The van der Waals surface area contributed by atoms with E-state index in [1.165, 1.54) is 6.07 Å². The minimum absolute atomic E-state index is 0.00576. The Hall–Kier alpha value is -3.63. The molecule has 3 aromatic rings. The van der Waals surface area contributed by atoms with Crippen molar-refractivity contribution >= 4 is 56.5 Å². The van der Waals surface area contributed by atoms with E-state index >= 15 is 0 Å². The monoisotopic (exact) mass is 598 g/mol. The molecule has 1 aliphatic heterocycles. The molecule has 0 unspecified atom stereocenters. The molecule has 3 aromatic carbocycles. The molecule has 196 valence electrons. The molecule has 1 heterocycles. The first-order valence-corrected chi connectivity index (χ1v) is 13.3. The van der Waals surface area contributed by atoms with Crippen molar-refractivity contribution in [2.75, 3.05) is 18.5 Å². The number of nitrogens with one attached hydrogen (secondary N) is 1. The lowest BCUT2D eigenvalue weighted by Gasteiger charge is -2.15. The minimum atomic E-state index is -0.562. The van der Waals surface area contributed by atoms with Gasteiger partial charge in [0, 0.05) is 11.3 Å². The number of hydrogen-bond acceptors (Lipinski definition) is 6. The number of hydrogen-bond donors (Lipinski definition) is 1. The summed E-state index contributed by atoms with van der Waals surface area (Å²) in [4.78, 5) is 39.0. The van der Waals surface area contributed by atoms with Crippen molar-refractivity contribution in [2.45, 2.75) is 20.5 Å². The first kappa shape index (κ1) is 27.4. The molecule has 0 radical (unpaired) electrons. The second-order valence-electron chi connectivity index (χ2n) is 8.33. The molecule has 0 aliphatic carbocycles.